The zero-order valence-corrected chi connectivity index (χ0v) is 17.0. The van der Waals surface area contributed by atoms with Crippen LogP contribution in [0.5, 0.6) is 11.5 Å². The van der Waals surface area contributed by atoms with Crippen molar-refractivity contribution >= 4 is 33.7 Å². The largest absolute Gasteiger partial charge is 0.507 e. The van der Waals surface area contributed by atoms with E-state index in [0.717, 1.165) is 10.9 Å². The van der Waals surface area contributed by atoms with Gasteiger partial charge in [-0.1, -0.05) is 18.2 Å². The van der Waals surface area contributed by atoms with E-state index < -0.39 is 5.63 Å². The topological polar surface area (TPSA) is 84.9 Å². The van der Waals surface area contributed by atoms with Crippen LogP contribution in [0.2, 0.25) is 0 Å². The second-order valence-corrected chi connectivity index (χ2v) is 7.31. The van der Waals surface area contributed by atoms with E-state index in [-0.39, 0.29) is 5.75 Å². The van der Waals surface area contributed by atoms with Crippen molar-refractivity contribution in [3.63, 3.8) is 0 Å². The van der Waals surface area contributed by atoms with Crippen LogP contribution in [-0.2, 0) is 6.42 Å². The van der Waals surface area contributed by atoms with Gasteiger partial charge in [-0.2, -0.15) is 0 Å². The van der Waals surface area contributed by atoms with Crippen LogP contribution >= 0.6 is 11.3 Å². The van der Waals surface area contributed by atoms with E-state index in [1.807, 2.05) is 12.1 Å². The Kier molecular flexibility index (Phi) is 5.45. The second-order valence-electron chi connectivity index (χ2n) is 6.47. The van der Waals surface area contributed by atoms with Crippen molar-refractivity contribution in [1.82, 2.24) is 4.98 Å². The molecule has 0 spiro atoms. The van der Waals surface area contributed by atoms with Gasteiger partial charge >= 0.3 is 5.63 Å². The van der Waals surface area contributed by atoms with Gasteiger partial charge in [0.1, 0.15) is 17.1 Å². The molecule has 2 heterocycles. The molecule has 2 aromatic carbocycles. The van der Waals surface area contributed by atoms with Crippen LogP contribution in [0.1, 0.15) is 11.1 Å². The minimum Gasteiger partial charge on any atom is -0.507 e. The molecule has 4 aromatic rings. The molecule has 7 heteroatoms. The normalized spacial score (nSPS) is 11.2. The fourth-order valence-electron chi connectivity index (χ4n) is 3.01. The number of aliphatic imine (C=N–C) groups is 1. The smallest absolute Gasteiger partial charge is 0.345 e. The van der Waals surface area contributed by atoms with Crippen molar-refractivity contribution in [1.29, 1.82) is 0 Å². The molecule has 6 nitrogen and oxygen atoms in total. The van der Waals surface area contributed by atoms with E-state index in [1.165, 1.54) is 11.3 Å². The molecule has 0 radical (unpaired) electrons. The number of phenols is 1. The van der Waals surface area contributed by atoms with Crippen molar-refractivity contribution in [3.05, 3.63) is 82.0 Å². The zero-order valence-electron chi connectivity index (χ0n) is 16.2. The molecule has 4 rings (SSSR count). The van der Waals surface area contributed by atoms with Gasteiger partial charge < -0.3 is 14.3 Å². The SMILES string of the molecule is C=CCc1cccc(/C=N/c2nc(-c3cc4cc(OC)ccc4oc3=O)cs2)c1O. The number of aromatic hydroxyl groups is 1. The van der Waals surface area contributed by atoms with Gasteiger partial charge in [0, 0.05) is 22.5 Å². The molecule has 2 aromatic heterocycles. The summed E-state index contributed by atoms with van der Waals surface area (Å²) < 4.78 is 10.6. The lowest BCUT2D eigenvalue weighted by Gasteiger charge is -2.04. The summed E-state index contributed by atoms with van der Waals surface area (Å²) in [5.74, 6) is 0.839. The Labute approximate surface area is 176 Å². The Morgan fingerprint density at radius 2 is 2.17 bits per heavy atom. The highest BCUT2D eigenvalue weighted by Crippen LogP contribution is 2.29. The summed E-state index contributed by atoms with van der Waals surface area (Å²) >= 11 is 1.29. The number of allylic oxidation sites excluding steroid dienone is 1. The molecule has 0 aliphatic rings. The third-order valence-corrected chi connectivity index (χ3v) is 5.29. The number of para-hydroxylation sites is 1. The fraction of sp³-hybridized carbons (Fsp3) is 0.0870. The lowest BCUT2D eigenvalue weighted by atomic mass is 10.1. The van der Waals surface area contributed by atoms with Crippen molar-refractivity contribution in [2.24, 2.45) is 4.99 Å². The highest BCUT2D eigenvalue weighted by molar-refractivity contribution is 7.13. The first-order valence-electron chi connectivity index (χ1n) is 9.12. The minimum atomic E-state index is -0.469. The van der Waals surface area contributed by atoms with Gasteiger partial charge in [0.2, 0.25) is 5.13 Å². The van der Waals surface area contributed by atoms with E-state index in [2.05, 4.69) is 16.6 Å². The molecule has 0 saturated heterocycles. The Morgan fingerprint density at radius 1 is 1.30 bits per heavy atom. The number of ether oxygens (including phenoxy) is 1. The van der Waals surface area contributed by atoms with Crippen LogP contribution in [0.3, 0.4) is 0 Å². The number of hydrogen-bond acceptors (Lipinski definition) is 7. The van der Waals surface area contributed by atoms with Gasteiger partial charge in [-0.3, -0.25) is 0 Å². The molecular formula is C23H18N2O4S. The number of aromatic nitrogens is 1. The van der Waals surface area contributed by atoms with Gasteiger partial charge in [0.15, 0.2) is 0 Å². The second kappa shape index (κ2) is 8.34. The van der Waals surface area contributed by atoms with Gasteiger partial charge in [-0.15, -0.1) is 17.9 Å². The highest BCUT2D eigenvalue weighted by atomic mass is 32.1. The lowest BCUT2D eigenvalue weighted by Crippen LogP contribution is -2.02. The maximum absolute atomic E-state index is 12.4. The van der Waals surface area contributed by atoms with Crippen molar-refractivity contribution in [2.45, 2.75) is 6.42 Å². The van der Waals surface area contributed by atoms with Crippen molar-refractivity contribution in [2.75, 3.05) is 7.11 Å². The van der Waals surface area contributed by atoms with Gasteiger partial charge in [0.25, 0.3) is 0 Å². The third-order valence-electron chi connectivity index (χ3n) is 4.54. The molecule has 1 N–H and O–H groups in total. The van der Waals surface area contributed by atoms with E-state index in [9.17, 15) is 9.90 Å². The van der Waals surface area contributed by atoms with E-state index >= 15 is 0 Å². The number of hydrogen-bond donors (Lipinski definition) is 1. The molecular weight excluding hydrogens is 400 g/mol. The molecule has 0 saturated carbocycles. The summed E-state index contributed by atoms with van der Waals surface area (Å²) in [6.07, 6.45) is 3.85. The van der Waals surface area contributed by atoms with E-state index in [4.69, 9.17) is 9.15 Å². The van der Waals surface area contributed by atoms with Gasteiger partial charge in [-0.25, -0.2) is 14.8 Å². The predicted octanol–water partition coefficient (Wildman–Crippen LogP) is 5.11. The Morgan fingerprint density at radius 3 is 2.97 bits per heavy atom. The molecule has 0 aliphatic carbocycles. The van der Waals surface area contributed by atoms with Crippen LogP contribution in [0.15, 0.2) is 74.7 Å². The van der Waals surface area contributed by atoms with Gasteiger partial charge in [0.05, 0.1) is 18.4 Å². The first kappa shape index (κ1) is 19.6. The first-order chi connectivity index (χ1) is 14.6. The quantitative estimate of drug-likeness (QED) is 0.267. The third kappa shape index (κ3) is 3.88. The Bertz CT molecular complexity index is 1320. The number of phenolic OH excluding ortho intramolecular Hbond substituents is 1. The number of methoxy groups -OCH3 is 1. The summed E-state index contributed by atoms with van der Waals surface area (Å²) in [6, 6.07) is 12.4. The van der Waals surface area contributed by atoms with Crippen LogP contribution in [-0.4, -0.2) is 23.4 Å². The Balaban J connectivity index is 1.65. The predicted molar refractivity (Wildman–Crippen MR) is 119 cm³/mol. The average Bonchev–Trinajstić information content (AvgIpc) is 3.22. The molecule has 150 valence electrons. The molecule has 0 amide bonds. The number of rotatable bonds is 6. The van der Waals surface area contributed by atoms with Crippen LogP contribution in [0.4, 0.5) is 5.13 Å². The molecule has 0 atom stereocenters. The van der Waals surface area contributed by atoms with Crippen LogP contribution in [0.25, 0.3) is 22.2 Å². The maximum Gasteiger partial charge on any atom is 0.345 e. The molecule has 0 fully saturated rings. The minimum absolute atomic E-state index is 0.169. The van der Waals surface area contributed by atoms with Crippen molar-refractivity contribution < 1.29 is 14.3 Å². The van der Waals surface area contributed by atoms with Crippen molar-refractivity contribution in [3.8, 4) is 22.8 Å². The first-order valence-corrected chi connectivity index (χ1v) is 10.0. The number of thiazole rings is 1. The Hall–Kier alpha value is -3.71. The van der Waals surface area contributed by atoms with Gasteiger partial charge in [-0.05, 0) is 42.3 Å². The summed E-state index contributed by atoms with van der Waals surface area (Å²) in [4.78, 5) is 21.2. The molecule has 30 heavy (non-hydrogen) atoms. The summed E-state index contributed by atoms with van der Waals surface area (Å²) in [5.41, 5.74) is 2.21. The summed E-state index contributed by atoms with van der Waals surface area (Å²) in [6.45, 7) is 3.69. The van der Waals surface area contributed by atoms with Crippen LogP contribution in [0, 0.1) is 0 Å². The molecule has 0 bridgehead atoms. The maximum atomic E-state index is 12.4. The average molecular weight is 418 g/mol. The highest BCUT2D eigenvalue weighted by Gasteiger charge is 2.12. The monoisotopic (exact) mass is 418 g/mol. The number of fused-ring (bicyclic) bond motifs is 1. The van der Waals surface area contributed by atoms with E-state index in [0.29, 0.717) is 39.7 Å². The van der Waals surface area contributed by atoms with E-state index in [1.54, 1.807) is 55.1 Å². The fourth-order valence-corrected chi connectivity index (χ4v) is 3.68. The van der Waals surface area contributed by atoms with Crippen LogP contribution < -0.4 is 10.4 Å². The lowest BCUT2D eigenvalue weighted by molar-refractivity contribution is 0.415. The zero-order chi connectivity index (χ0) is 21.1. The standard InChI is InChI=1S/C23H18N2O4S/c1-3-5-14-6-4-7-15(21(14)26)12-24-23-25-19(13-30-23)18-11-16-10-17(28-2)8-9-20(16)29-22(18)27/h3-4,6-13,26H,1,5H2,2H3/b24-12+. The molecule has 0 aliphatic heterocycles. The molecule has 0 unspecified atom stereocenters. The summed E-state index contributed by atoms with van der Waals surface area (Å²) in [5, 5.41) is 13.3. The summed E-state index contributed by atoms with van der Waals surface area (Å²) in [7, 11) is 1.58. The number of nitrogens with zero attached hydrogens (tertiary/aromatic N) is 2. The number of benzene rings is 2.